The molecular weight excluding hydrogens is 148 g/mol. The predicted octanol–water partition coefficient (Wildman–Crippen LogP) is 1.00. The zero-order valence-corrected chi connectivity index (χ0v) is 6.65. The van der Waals surface area contributed by atoms with Crippen LogP contribution in [0.2, 0.25) is 0 Å². The highest BCUT2D eigenvalue weighted by Gasteiger charge is 1.98. The molecule has 3 nitrogen and oxygen atoms in total. The van der Waals surface area contributed by atoms with Crippen molar-refractivity contribution in [1.82, 2.24) is 4.98 Å². The van der Waals surface area contributed by atoms with E-state index in [0.717, 1.165) is 5.69 Å². The summed E-state index contributed by atoms with van der Waals surface area (Å²) in [5.74, 6) is 0. The molecule has 0 amide bonds. The molecule has 56 valence electrons. The number of thiazole rings is 1. The Balaban J connectivity index is 2.59. The van der Waals surface area contributed by atoms with Crippen molar-refractivity contribution in [3.8, 4) is 5.19 Å². The highest BCUT2D eigenvalue weighted by atomic mass is 32.1. The van der Waals surface area contributed by atoms with Crippen LogP contribution < -0.4 is 10.5 Å². The molecule has 0 radical (unpaired) electrons. The average molecular weight is 158 g/mol. The summed E-state index contributed by atoms with van der Waals surface area (Å²) in [5.41, 5.74) is 6.24. The Kier molecular flexibility index (Phi) is 2.65. The van der Waals surface area contributed by atoms with Gasteiger partial charge in [0.15, 0.2) is 0 Å². The average Bonchev–Trinajstić information content (AvgIpc) is 2.37. The first-order valence-corrected chi connectivity index (χ1v) is 4.02. The van der Waals surface area contributed by atoms with Crippen LogP contribution in [0.25, 0.3) is 0 Å². The second-order valence-corrected chi connectivity index (χ2v) is 2.56. The maximum atomic E-state index is 5.35. The van der Waals surface area contributed by atoms with Crippen LogP contribution in [-0.2, 0) is 6.54 Å². The number of nitrogens with zero attached hydrogens (tertiary/aromatic N) is 1. The van der Waals surface area contributed by atoms with E-state index in [4.69, 9.17) is 10.5 Å². The van der Waals surface area contributed by atoms with Crippen LogP contribution >= 0.6 is 11.3 Å². The van der Waals surface area contributed by atoms with E-state index in [1.54, 1.807) is 0 Å². The fraction of sp³-hybridized carbons (Fsp3) is 0.500. The lowest BCUT2D eigenvalue weighted by molar-refractivity contribution is 0.337. The maximum Gasteiger partial charge on any atom is 0.273 e. The molecule has 0 aliphatic carbocycles. The molecule has 0 aliphatic heterocycles. The Hall–Kier alpha value is -0.610. The van der Waals surface area contributed by atoms with Gasteiger partial charge in [-0.2, -0.15) is 0 Å². The monoisotopic (exact) mass is 158 g/mol. The summed E-state index contributed by atoms with van der Waals surface area (Å²) < 4.78 is 5.14. The fourth-order valence-electron chi connectivity index (χ4n) is 0.572. The van der Waals surface area contributed by atoms with Gasteiger partial charge in [-0.25, -0.2) is 4.98 Å². The van der Waals surface area contributed by atoms with E-state index < -0.39 is 0 Å². The summed E-state index contributed by atoms with van der Waals surface area (Å²) in [5, 5.41) is 2.62. The summed E-state index contributed by atoms with van der Waals surface area (Å²) >= 11 is 1.49. The molecule has 0 unspecified atom stereocenters. The molecule has 1 heterocycles. The van der Waals surface area contributed by atoms with E-state index in [9.17, 15) is 0 Å². The van der Waals surface area contributed by atoms with E-state index >= 15 is 0 Å². The maximum absolute atomic E-state index is 5.35. The van der Waals surface area contributed by atoms with Crippen LogP contribution in [-0.4, -0.2) is 11.6 Å². The number of hydrogen-bond acceptors (Lipinski definition) is 4. The van der Waals surface area contributed by atoms with Gasteiger partial charge in [0.1, 0.15) is 0 Å². The Morgan fingerprint density at radius 3 is 3.10 bits per heavy atom. The van der Waals surface area contributed by atoms with E-state index in [2.05, 4.69) is 4.98 Å². The standard InChI is InChI=1S/C6H10N2OS/c1-2-9-6-8-5(3-7)4-10-6/h4H,2-3,7H2,1H3. The van der Waals surface area contributed by atoms with Gasteiger partial charge < -0.3 is 10.5 Å². The first-order chi connectivity index (χ1) is 4.86. The van der Waals surface area contributed by atoms with Crippen molar-refractivity contribution in [2.75, 3.05) is 6.61 Å². The molecule has 1 aromatic heterocycles. The van der Waals surface area contributed by atoms with Crippen LogP contribution in [0, 0.1) is 0 Å². The molecule has 1 rings (SSSR count). The second kappa shape index (κ2) is 3.53. The van der Waals surface area contributed by atoms with Crippen LogP contribution in [0.15, 0.2) is 5.38 Å². The molecule has 0 saturated heterocycles. The zero-order chi connectivity index (χ0) is 7.40. The molecule has 0 bridgehead atoms. The number of rotatable bonds is 3. The predicted molar refractivity (Wildman–Crippen MR) is 41.2 cm³/mol. The minimum absolute atomic E-state index is 0.490. The Labute approximate surface area is 63.8 Å². The van der Waals surface area contributed by atoms with Crippen molar-refractivity contribution in [1.29, 1.82) is 0 Å². The van der Waals surface area contributed by atoms with Gasteiger partial charge in [-0.3, -0.25) is 0 Å². The van der Waals surface area contributed by atoms with E-state index in [1.165, 1.54) is 11.3 Å². The summed E-state index contributed by atoms with van der Waals surface area (Å²) in [6.45, 7) is 3.09. The number of nitrogens with two attached hydrogens (primary N) is 1. The van der Waals surface area contributed by atoms with E-state index in [1.807, 2.05) is 12.3 Å². The molecule has 0 saturated carbocycles. The largest absolute Gasteiger partial charge is 0.470 e. The third kappa shape index (κ3) is 1.68. The van der Waals surface area contributed by atoms with Crippen molar-refractivity contribution in [3.05, 3.63) is 11.1 Å². The third-order valence-corrected chi connectivity index (χ3v) is 1.81. The first kappa shape index (κ1) is 7.50. The minimum Gasteiger partial charge on any atom is -0.470 e. The topological polar surface area (TPSA) is 48.1 Å². The Morgan fingerprint density at radius 1 is 1.80 bits per heavy atom. The SMILES string of the molecule is CCOc1nc(CN)cs1. The highest BCUT2D eigenvalue weighted by Crippen LogP contribution is 2.16. The van der Waals surface area contributed by atoms with Gasteiger partial charge in [0.25, 0.3) is 5.19 Å². The van der Waals surface area contributed by atoms with Crippen molar-refractivity contribution in [3.63, 3.8) is 0 Å². The lowest BCUT2D eigenvalue weighted by Crippen LogP contribution is -1.96. The molecule has 0 spiro atoms. The van der Waals surface area contributed by atoms with Gasteiger partial charge in [-0.15, -0.1) is 0 Å². The Morgan fingerprint density at radius 2 is 2.60 bits per heavy atom. The highest BCUT2D eigenvalue weighted by molar-refractivity contribution is 7.11. The lowest BCUT2D eigenvalue weighted by Gasteiger charge is -1.93. The van der Waals surface area contributed by atoms with Crippen molar-refractivity contribution >= 4 is 11.3 Å². The van der Waals surface area contributed by atoms with Gasteiger partial charge in [0.05, 0.1) is 12.3 Å². The molecule has 1 aromatic rings. The zero-order valence-electron chi connectivity index (χ0n) is 5.83. The van der Waals surface area contributed by atoms with Crippen LogP contribution in [0.4, 0.5) is 0 Å². The van der Waals surface area contributed by atoms with Crippen LogP contribution in [0.1, 0.15) is 12.6 Å². The van der Waals surface area contributed by atoms with Gasteiger partial charge in [-0.1, -0.05) is 11.3 Å². The molecule has 4 heteroatoms. The fourth-order valence-corrected chi connectivity index (χ4v) is 1.31. The summed E-state index contributed by atoms with van der Waals surface area (Å²) in [6.07, 6.45) is 0. The molecule has 2 N–H and O–H groups in total. The third-order valence-electron chi connectivity index (χ3n) is 1.01. The molecule has 0 atom stereocenters. The number of aromatic nitrogens is 1. The number of ether oxygens (including phenoxy) is 1. The molecule has 0 fully saturated rings. The van der Waals surface area contributed by atoms with Crippen LogP contribution in [0.3, 0.4) is 0 Å². The van der Waals surface area contributed by atoms with Gasteiger partial charge in [0, 0.05) is 11.9 Å². The minimum atomic E-state index is 0.490. The van der Waals surface area contributed by atoms with Crippen molar-refractivity contribution in [2.24, 2.45) is 5.73 Å². The summed E-state index contributed by atoms with van der Waals surface area (Å²) in [4.78, 5) is 4.09. The van der Waals surface area contributed by atoms with Crippen LogP contribution in [0.5, 0.6) is 5.19 Å². The normalized spacial score (nSPS) is 9.80. The van der Waals surface area contributed by atoms with Gasteiger partial charge in [0.2, 0.25) is 0 Å². The van der Waals surface area contributed by atoms with E-state index in [-0.39, 0.29) is 0 Å². The second-order valence-electron chi connectivity index (χ2n) is 1.74. The van der Waals surface area contributed by atoms with Gasteiger partial charge >= 0.3 is 0 Å². The lowest BCUT2D eigenvalue weighted by atomic mass is 10.5. The number of hydrogen-bond donors (Lipinski definition) is 1. The first-order valence-electron chi connectivity index (χ1n) is 3.14. The van der Waals surface area contributed by atoms with Gasteiger partial charge in [-0.05, 0) is 6.92 Å². The van der Waals surface area contributed by atoms with Crippen molar-refractivity contribution < 1.29 is 4.74 Å². The van der Waals surface area contributed by atoms with Crippen molar-refractivity contribution in [2.45, 2.75) is 13.5 Å². The molecule has 0 aliphatic rings. The molecule has 0 aromatic carbocycles. The molecule has 10 heavy (non-hydrogen) atoms. The Bertz CT molecular complexity index is 199. The summed E-state index contributed by atoms with van der Waals surface area (Å²) in [6, 6.07) is 0. The smallest absolute Gasteiger partial charge is 0.273 e. The quantitative estimate of drug-likeness (QED) is 0.714. The summed E-state index contributed by atoms with van der Waals surface area (Å²) in [7, 11) is 0. The molecular formula is C6H10N2OS. The van der Waals surface area contributed by atoms with E-state index in [0.29, 0.717) is 18.3 Å².